The third-order valence-electron chi connectivity index (χ3n) is 5.67. The number of rotatable bonds is 5. The van der Waals surface area contributed by atoms with Gasteiger partial charge in [-0.25, -0.2) is 9.98 Å². The van der Waals surface area contributed by atoms with Crippen molar-refractivity contribution in [3.8, 4) is 23.1 Å². The molecule has 1 N–H and O–H groups in total. The van der Waals surface area contributed by atoms with Crippen molar-refractivity contribution in [1.29, 1.82) is 0 Å². The number of anilines is 2. The lowest BCUT2D eigenvalue weighted by molar-refractivity contribution is 0.111. The maximum Gasteiger partial charge on any atom is 0.250 e. The summed E-state index contributed by atoms with van der Waals surface area (Å²) in [5.74, 6) is 2.83. The highest BCUT2D eigenvalue weighted by molar-refractivity contribution is 9.10. The predicted octanol–water partition coefficient (Wildman–Crippen LogP) is 6.35. The van der Waals surface area contributed by atoms with Crippen LogP contribution in [-0.4, -0.2) is 54.4 Å². The SMILES string of the molecule is CC.COc1cc2c(cc1OC1CCN(C)CC1)Oc1ncnc(Nc3cccc(Br)c3)c1N=C2. The molecule has 1 fully saturated rings. The Balaban J connectivity index is 0.00000141. The van der Waals surface area contributed by atoms with Gasteiger partial charge in [-0.1, -0.05) is 35.8 Å². The fourth-order valence-corrected chi connectivity index (χ4v) is 4.27. The number of fused-ring (bicyclic) bond motifs is 2. The van der Waals surface area contributed by atoms with Crippen molar-refractivity contribution in [2.75, 3.05) is 32.6 Å². The molecule has 35 heavy (non-hydrogen) atoms. The Morgan fingerprint density at radius 3 is 2.63 bits per heavy atom. The first-order chi connectivity index (χ1) is 17.1. The molecule has 0 unspecified atom stereocenters. The predicted molar refractivity (Wildman–Crippen MR) is 142 cm³/mol. The molecule has 0 amide bonds. The van der Waals surface area contributed by atoms with Gasteiger partial charge in [-0.05, 0) is 44.2 Å². The van der Waals surface area contributed by atoms with Gasteiger partial charge in [0.15, 0.2) is 23.0 Å². The monoisotopic (exact) mass is 539 g/mol. The molecule has 184 valence electrons. The highest BCUT2D eigenvalue weighted by Gasteiger charge is 2.23. The summed E-state index contributed by atoms with van der Waals surface area (Å²) >= 11 is 3.49. The molecule has 3 aromatic rings. The molecule has 1 aromatic heterocycles. The molecular formula is C26H30BrN5O3. The van der Waals surface area contributed by atoms with Crippen molar-refractivity contribution < 1.29 is 14.2 Å². The van der Waals surface area contributed by atoms with Gasteiger partial charge in [0.25, 0.3) is 5.88 Å². The summed E-state index contributed by atoms with van der Waals surface area (Å²) in [4.78, 5) is 15.6. The lowest BCUT2D eigenvalue weighted by Crippen LogP contribution is -2.35. The second-order valence-corrected chi connectivity index (χ2v) is 8.95. The van der Waals surface area contributed by atoms with Crippen LogP contribution in [0.25, 0.3) is 0 Å². The number of nitrogens with zero attached hydrogens (tertiary/aromatic N) is 4. The van der Waals surface area contributed by atoms with E-state index in [4.69, 9.17) is 14.2 Å². The zero-order chi connectivity index (χ0) is 24.8. The molecular weight excluding hydrogens is 510 g/mol. The third-order valence-corrected chi connectivity index (χ3v) is 6.16. The van der Waals surface area contributed by atoms with Crippen LogP contribution >= 0.6 is 15.9 Å². The van der Waals surface area contributed by atoms with Crippen molar-refractivity contribution in [2.45, 2.75) is 32.8 Å². The number of likely N-dealkylation sites (tertiary alicyclic amines) is 1. The van der Waals surface area contributed by atoms with E-state index in [1.54, 1.807) is 13.3 Å². The van der Waals surface area contributed by atoms with Crippen LogP contribution in [0.3, 0.4) is 0 Å². The van der Waals surface area contributed by atoms with Gasteiger partial charge in [-0.2, -0.15) is 4.98 Å². The Morgan fingerprint density at radius 2 is 1.89 bits per heavy atom. The first-order valence-electron chi connectivity index (χ1n) is 11.8. The molecule has 2 aliphatic rings. The zero-order valence-corrected chi connectivity index (χ0v) is 22.0. The number of ether oxygens (including phenoxy) is 3. The summed E-state index contributed by atoms with van der Waals surface area (Å²) in [6, 6.07) is 11.6. The van der Waals surface area contributed by atoms with Crippen LogP contribution in [0.5, 0.6) is 23.1 Å². The van der Waals surface area contributed by atoms with E-state index in [9.17, 15) is 0 Å². The van der Waals surface area contributed by atoms with Gasteiger partial charge in [0, 0.05) is 41.1 Å². The second kappa shape index (κ2) is 11.5. The highest BCUT2D eigenvalue weighted by Crippen LogP contribution is 2.43. The van der Waals surface area contributed by atoms with E-state index >= 15 is 0 Å². The number of halogens is 1. The van der Waals surface area contributed by atoms with Crippen molar-refractivity contribution in [2.24, 2.45) is 4.99 Å². The van der Waals surface area contributed by atoms with Gasteiger partial charge >= 0.3 is 0 Å². The van der Waals surface area contributed by atoms with Crippen LogP contribution in [0.1, 0.15) is 32.3 Å². The number of benzene rings is 2. The summed E-state index contributed by atoms with van der Waals surface area (Å²) in [5.41, 5.74) is 2.16. The van der Waals surface area contributed by atoms with Gasteiger partial charge in [0.2, 0.25) is 0 Å². The van der Waals surface area contributed by atoms with Crippen LogP contribution < -0.4 is 19.5 Å². The quantitative estimate of drug-likeness (QED) is 0.316. The van der Waals surface area contributed by atoms with Gasteiger partial charge in [-0.15, -0.1) is 0 Å². The van der Waals surface area contributed by atoms with E-state index < -0.39 is 0 Å². The molecule has 0 spiro atoms. The van der Waals surface area contributed by atoms with E-state index in [0.29, 0.717) is 34.6 Å². The summed E-state index contributed by atoms with van der Waals surface area (Å²) in [7, 11) is 3.77. The topological polar surface area (TPSA) is 81.1 Å². The molecule has 2 aromatic carbocycles. The Bertz CT molecular complexity index is 1200. The zero-order valence-electron chi connectivity index (χ0n) is 20.4. The molecule has 0 saturated carbocycles. The van der Waals surface area contributed by atoms with E-state index in [0.717, 1.165) is 41.7 Å². The van der Waals surface area contributed by atoms with Crippen molar-refractivity contribution >= 4 is 39.3 Å². The lowest BCUT2D eigenvalue weighted by atomic mass is 10.1. The molecule has 0 atom stereocenters. The minimum absolute atomic E-state index is 0.142. The Hall–Kier alpha value is -3.17. The Morgan fingerprint density at radius 1 is 1.09 bits per heavy atom. The Labute approximate surface area is 214 Å². The summed E-state index contributed by atoms with van der Waals surface area (Å²) in [5, 5.41) is 3.29. The molecule has 0 radical (unpaired) electrons. The smallest absolute Gasteiger partial charge is 0.250 e. The summed E-state index contributed by atoms with van der Waals surface area (Å²) in [6.07, 6.45) is 5.28. The third kappa shape index (κ3) is 5.91. The molecule has 3 heterocycles. The summed E-state index contributed by atoms with van der Waals surface area (Å²) < 4.78 is 19.1. The normalized spacial score (nSPS) is 15.0. The maximum absolute atomic E-state index is 6.31. The fraction of sp³-hybridized carbons (Fsp3) is 0.346. The first kappa shape index (κ1) is 24.9. The summed E-state index contributed by atoms with van der Waals surface area (Å²) in [6.45, 7) is 6.03. The molecule has 0 aliphatic carbocycles. The number of hydrogen-bond donors (Lipinski definition) is 1. The number of piperidine rings is 1. The van der Waals surface area contributed by atoms with Gasteiger partial charge < -0.3 is 24.4 Å². The minimum Gasteiger partial charge on any atom is -0.493 e. The number of methoxy groups -OCH3 is 1. The molecule has 2 aliphatic heterocycles. The lowest BCUT2D eigenvalue weighted by Gasteiger charge is -2.29. The number of nitrogens with one attached hydrogen (secondary N) is 1. The standard InChI is InChI=1S/C24H24BrN5O3.C2H6/c1-30-8-6-18(7-9-30)32-21-12-19-15(10-20(21)31-2)13-26-22-23(27-14-28-24(22)33-19)29-17-5-3-4-16(25)11-17;1-2/h3-5,10-14,18H,6-9H2,1-2H3,(H,27,28,29);1-2H3. The van der Waals surface area contributed by atoms with Crippen LogP contribution in [0, 0.1) is 0 Å². The van der Waals surface area contributed by atoms with Crippen molar-refractivity contribution in [3.05, 3.63) is 52.8 Å². The molecule has 8 nitrogen and oxygen atoms in total. The number of aliphatic imine (C=N–C) groups is 1. The second-order valence-electron chi connectivity index (χ2n) is 8.03. The van der Waals surface area contributed by atoms with E-state index in [2.05, 4.69) is 48.2 Å². The maximum atomic E-state index is 6.31. The molecule has 5 rings (SSSR count). The van der Waals surface area contributed by atoms with Gasteiger partial charge in [0.1, 0.15) is 18.2 Å². The van der Waals surface area contributed by atoms with Crippen molar-refractivity contribution in [3.63, 3.8) is 0 Å². The molecule has 0 bridgehead atoms. The van der Waals surface area contributed by atoms with Crippen LogP contribution in [0.15, 0.2) is 52.2 Å². The van der Waals surface area contributed by atoms with E-state index in [1.165, 1.54) is 6.33 Å². The van der Waals surface area contributed by atoms with Crippen LogP contribution in [0.2, 0.25) is 0 Å². The van der Waals surface area contributed by atoms with E-state index in [-0.39, 0.29) is 6.10 Å². The highest BCUT2D eigenvalue weighted by atomic mass is 79.9. The van der Waals surface area contributed by atoms with E-state index in [1.807, 2.05) is 50.2 Å². The minimum atomic E-state index is 0.142. The molecule has 9 heteroatoms. The average Bonchev–Trinajstić information content (AvgIpc) is 3.05. The number of hydrogen-bond acceptors (Lipinski definition) is 8. The first-order valence-corrected chi connectivity index (χ1v) is 12.5. The van der Waals surface area contributed by atoms with Gasteiger partial charge in [-0.3, -0.25) is 0 Å². The van der Waals surface area contributed by atoms with Crippen LogP contribution in [-0.2, 0) is 0 Å². The fourth-order valence-electron chi connectivity index (χ4n) is 3.87. The van der Waals surface area contributed by atoms with Gasteiger partial charge in [0.05, 0.1) is 7.11 Å². The number of aromatic nitrogens is 2. The average molecular weight is 540 g/mol. The Kier molecular flexibility index (Phi) is 8.20. The van der Waals surface area contributed by atoms with Crippen molar-refractivity contribution in [1.82, 2.24) is 14.9 Å². The van der Waals surface area contributed by atoms with Crippen LogP contribution in [0.4, 0.5) is 17.2 Å². The largest absolute Gasteiger partial charge is 0.493 e. The molecule has 1 saturated heterocycles.